The molecule has 0 unspecified atom stereocenters. The second-order valence-corrected chi connectivity index (χ2v) is 3.76. The fraction of sp³-hybridized carbons (Fsp3) is 0.417. The van der Waals surface area contributed by atoms with Crippen LogP contribution in [0, 0.1) is 6.92 Å². The Balaban J connectivity index is 2.78. The standard InChI is InChI=1S/C12H18N2O/c1-3-4-11(14-12(13)15)10-7-5-9(2)6-8-10/h5-8,11H,3-4H2,1-2H3,(H3,13,14,15)/t11-/m1/s1. The van der Waals surface area contributed by atoms with Crippen LogP contribution in [0.4, 0.5) is 4.79 Å². The minimum absolute atomic E-state index is 0.0353. The Morgan fingerprint density at radius 2 is 2.00 bits per heavy atom. The van der Waals surface area contributed by atoms with Crippen LogP contribution in [0.3, 0.4) is 0 Å². The van der Waals surface area contributed by atoms with E-state index in [-0.39, 0.29) is 6.04 Å². The molecule has 0 aliphatic heterocycles. The second-order valence-electron chi connectivity index (χ2n) is 3.76. The second kappa shape index (κ2) is 5.39. The summed E-state index contributed by atoms with van der Waals surface area (Å²) in [7, 11) is 0. The number of amides is 2. The molecule has 1 rings (SSSR count). The van der Waals surface area contributed by atoms with E-state index in [0.717, 1.165) is 18.4 Å². The van der Waals surface area contributed by atoms with Gasteiger partial charge in [-0.2, -0.15) is 0 Å². The lowest BCUT2D eigenvalue weighted by molar-refractivity contribution is 0.244. The van der Waals surface area contributed by atoms with Gasteiger partial charge in [-0.25, -0.2) is 4.79 Å². The number of primary amides is 1. The summed E-state index contributed by atoms with van der Waals surface area (Å²) in [6.07, 6.45) is 1.92. The van der Waals surface area contributed by atoms with E-state index >= 15 is 0 Å². The quantitative estimate of drug-likeness (QED) is 0.781. The minimum atomic E-state index is -0.464. The molecule has 3 heteroatoms. The first kappa shape index (κ1) is 11.6. The lowest BCUT2D eigenvalue weighted by Crippen LogP contribution is -2.33. The highest BCUT2D eigenvalue weighted by Crippen LogP contribution is 2.18. The average molecular weight is 206 g/mol. The first-order chi connectivity index (χ1) is 7.13. The Kier molecular flexibility index (Phi) is 4.16. The van der Waals surface area contributed by atoms with E-state index in [4.69, 9.17) is 5.73 Å². The Hall–Kier alpha value is -1.51. The zero-order valence-electron chi connectivity index (χ0n) is 9.29. The van der Waals surface area contributed by atoms with E-state index < -0.39 is 6.03 Å². The fourth-order valence-electron chi connectivity index (χ4n) is 1.58. The molecule has 82 valence electrons. The zero-order valence-corrected chi connectivity index (χ0v) is 9.29. The maximum absolute atomic E-state index is 10.8. The number of carbonyl (C=O) groups is 1. The van der Waals surface area contributed by atoms with Crippen molar-refractivity contribution in [3.05, 3.63) is 35.4 Å². The Morgan fingerprint density at radius 3 is 2.47 bits per heavy atom. The van der Waals surface area contributed by atoms with Gasteiger partial charge in [0.25, 0.3) is 0 Å². The Morgan fingerprint density at radius 1 is 1.40 bits per heavy atom. The van der Waals surface area contributed by atoms with Crippen LogP contribution in [0.2, 0.25) is 0 Å². The first-order valence-electron chi connectivity index (χ1n) is 5.26. The largest absolute Gasteiger partial charge is 0.352 e. The lowest BCUT2D eigenvalue weighted by Gasteiger charge is -2.17. The minimum Gasteiger partial charge on any atom is -0.352 e. The van der Waals surface area contributed by atoms with Crippen LogP contribution in [0.1, 0.15) is 36.9 Å². The Bertz CT molecular complexity index is 319. The van der Waals surface area contributed by atoms with Gasteiger partial charge in [-0.05, 0) is 18.9 Å². The molecule has 0 bridgehead atoms. The molecule has 1 aromatic rings. The van der Waals surface area contributed by atoms with Crippen molar-refractivity contribution in [1.82, 2.24) is 5.32 Å². The van der Waals surface area contributed by atoms with Crippen molar-refractivity contribution < 1.29 is 4.79 Å². The molecule has 0 fully saturated rings. The Labute approximate surface area is 90.7 Å². The fourth-order valence-corrected chi connectivity index (χ4v) is 1.58. The SMILES string of the molecule is CCC[C@@H](NC(N)=O)c1ccc(C)cc1. The molecule has 0 heterocycles. The number of aryl methyl sites for hydroxylation is 1. The molecule has 3 nitrogen and oxygen atoms in total. The predicted molar refractivity (Wildman–Crippen MR) is 61.5 cm³/mol. The summed E-state index contributed by atoms with van der Waals surface area (Å²) in [5.74, 6) is 0. The molecule has 0 saturated carbocycles. The van der Waals surface area contributed by atoms with E-state index in [2.05, 4.69) is 12.2 Å². The number of hydrogen-bond donors (Lipinski definition) is 2. The van der Waals surface area contributed by atoms with E-state index in [1.54, 1.807) is 0 Å². The molecule has 0 aliphatic carbocycles. The van der Waals surface area contributed by atoms with Gasteiger partial charge in [-0.3, -0.25) is 0 Å². The first-order valence-corrected chi connectivity index (χ1v) is 5.26. The van der Waals surface area contributed by atoms with Crippen molar-refractivity contribution in [3.63, 3.8) is 0 Å². The third-order valence-corrected chi connectivity index (χ3v) is 2.37. The van der Waals surface area contributed by atoms with Crippen LogP contribution < -0.4 is 11.1 Å². The van der Waals surface area contributed by atoms with Crippen molar-refractivity contribution in [2.75, 3.05) is 0 Å². The third kappa shape index (κ3) is 3.62. The average Bonchev–Trinajstić information content (AvgIpc) is 2.17. The van der Waals surface area contributed by atoms with Crippen LogP contribution >= 0.6 is 0 Å². The number of nitrogens with one attached hydrogen (secondary N) is 1. The van der Waals surface area contributed by atoms with Crippen LogP contribution in [0.15, 0.2) is 24.3 Å². The van der Waals surface area contributed by atoms with Gasteiger partial charge in [0.05, 0.1) is 6.04 Å². The summed E-state index contributed by atoms with van der Waals surface area (Å²) < 4.78 is 0. The van der Waals surface area contributed by atoms with Crippen molar-refractivity contribution in [1.29, 1.82) is 0 Å². The van der Waals surface area contributed by atoms with Gasteiger partial charge in [0.2, 0.25) is 0 Å². The summed E-state index contributed by atoms with van der Waals surface area (Å²) >= 11 is 0. The van der Waals surface area contributed by atoms with Gasteiger partial charge in [0.1, 0.15) is 0 Å². The number of benzene rings is 1. The molecule has 15 heavy (non-hydrogen) atoms. The molecule has 1 atom stereocenters. The van der Waals surface area contributed by atoms with Crippen molar-refractivity contribution in [2.45, 2.75) is 32.7 Å². The van der Waals surface area contributed by atoms with Crippen molar-refractivity contribution in [2.24, 2.45) is 5.73 Å². The summed E-state index contributed by atoms with van der Waals surface area (Å²) in [5.41, 5.74) is 7.47. The van der Waals surface area contributed by atoms with Crippen LogP contribution in [-0.2, 0) is 0 Å². The van der Waals surface area contributed by atoms with Crippen molar-refractivity contribution in [3.8, 4) is 0 Å². The smallest absolute Gasteiger partial charge is 0.312 e. The molecular formula is C12H18N2O. The van der Waals surface area contributed by atoms with Gasteiger partial charge >= 0.3 is 6.03 Å². The molecule has 2 amide bonds. The summed E-state index contributed by atoms with van der Waals surface area (Å²) in [6.45, 7) is 4.13. The van der Waals surface area contributed by atoms with E-state index in [1.807, 2.05) is 31.2 Å². The van der Waals surface area contributed by atoms with Gasteiger partial charge in [0, 0.05) is 0 Å². The molecule has 0 spiro atoms. The van der Waals surface area contributed by atoms with Crippen molar-refractivity contribution >= 4 is 6.03 Å². The summed E-state index contributed by atoms with van der Waals surface area (Å²) in [4.78, 5) is 10.8. The van der Waals surface area contributed by atoms with Gasteiger partial charge < -0.3 is 11.1 Å². The number of carbonyl (C=O) groups excluding carboxylic acids is 1. The number of hydrogen-bond acceptors (Lipinski definition) is 1. The summed E-state index contributed by atoms with van der Waals surface area (Å²) in [6, 6.07) is 7.72. The highest BCUT2D eigenvalue weighted by Gasteiger charge is 2.11. The maximum Gasteiger partial charge on any atom is 0.312 e. The lowest BCUT2D eigenvalue weighted by atomic mass is 10.0. The molecule has 0 aliphatic rings. The molecular weight excluding hydrogens is 188 g/mol. The monoisotopic (exact) mass is 206 g/mol. The predicted octanol–water partition coefficient (Wildman–Crippen LogP) is 2.50. The van der Waals surface area contributed by atoms with Crippen LogP contribution in [0.25, 0.3) is 0 Å². The number of rotatable bonds is 4. The number of nitrogens with two attached hydrogens (primary N) is 1. The molecule has 0 radical (unpaired) electrons. The van der Waals surface area contributed by atoms with Gasteiger partial charge in [-0.1, -0.05) is 43.2 Å². The van der Waals surface area contributed by atoms with Gasteiger partial charge in [-0.15, -0.1) is 0 Å². The summed E-state index contributed by atoms with van der Waals surface area (Å²) in [5, 5.41) is 2.76. The van der Waals surface area contributed by atoms with Crippen LogP contribution in [0.5, 0.6) is 0 Å². The molecule has 1 aromatic carbocycles. The highest BCUT2D eigenvalue weighted by atomic mass is 16.2. The molecule has 3 N–H and O–H groups in total. The van der Waals surface area contributed by atoms with Crippen LogP contribution in [-0.4, -0.2) is 6.03 Å². The van der Waals surface area contributed by atoms with E-state index in [9.17, 15) is 4.79 Å². The maximum atomic E-state index is 10.8. The third-order valence-electron chi connectivity index (χ3n) is 2.37. The van der Waals surface area contributed by atoms with Gasteiger partial charge in [0.15, 0.2) is 0 Å². The number of urea groups is 1. The molecule has 0 aromatic heterocycles. The topological polar surface area (TPSA) is 55.1 Å². The zero-order chi connectivity index (χ0) is 11.3. The normalized spacial score (nSPS) is 12.1. The molecule has 0 saturated heterocycles. The van der Waals surface area contributed by atoms with E-state index in [1.165, 1.54) is 5.56 Å². The van der Waals surface area contributed by atoms with E-state index in [0.29, 0.717) is 0 Å². The highest BCUT2D eigenvalue weighted by molar-refractivity contribution is 5.72.